The van der Waals surface area contributed by atoms with E-state index in [-0.39, 0.29) is 19.0 Å². The molecule has 0 amide bonds. The van der Waals surface area contributed by atoms with Crippen LogP contribution in [-0.4, -0.2) is 49.5 Å². The van der Waals surface area contributed by atoms with Crippen molar-refractivity contribution in [1.29, 1.82) is 0 Å². The minimum atomic E-state index is -1.59. The van der Waals surface area contributed by atoms with Gasteiger partial charge in [0.1, 0.15) is 18.0 Å². The molecule has 0 saturated heterocycles. The molecule has 0 fully saturated rings. The molecule has 1 aromatic carbocycles. The summed E-state index contributed by atoms with van der Waals surface area (Å²) in [6.45, 7) is 0.801. The number of carboxylic acids is 1. The molecule has 21 heavy (non-hydrogen) atoms. The molecular formula is C12H14FNO7. The highest BCUT2D eigenvalue weighted by Crippen LogP contribution is 2.30. The number of rotatable bonds is 9. The fourth-order valence-corrected chi connectivity index (χ4v) is 1.42. The number of hydrogen-bond acceptors (Lipinski definition) is 6. The Morgan fingerprint density at radius 2 is 2.00 bits per heavy atom. The van der Waals surface area contributed by atoms with E-state index < -0.39 is 28.0 Å². The van der Waals surface area contributed by atoms with E-state index in [1.165, 1.54) is 7.11 Å². The molecule has 1 aromatic rings. The first-order chi connectivity index (χ1) is 9.97. The third-order valence-corrected chi connectivity index (χ3v) is 2.39. The molecule has 0 aromatic heterocycles. The number of benzene rings is 1. The van der Waals surface area contributed by atoms with Crippen molar-refractivity contribution in [2.45, 2.75) is 0 Å². The summed E-state index contributed by atoms with van der Waals surface area (Å²) in [7, 11) is 1.51. The van der Waals surface area contributed by atoms with Gasteiger partial charge in [0, 0.05) is 19.2 Å². The number of halogens is 1. The predicted molar refractivity (Wildman–Crippen MR) is 68.2 cm³/mol. The first-order valence-electron chi connectivity index (χ1n) is 5.88. The number of nitro groups is 1. The number of carboxylic acid groups (broad SMARTS) is 1. The Bertz CT molecular complexity index is 521. The van der Waals surface area contributed by atoms with Crippen molar-refractivity contribution >= 4 is 11.7 Å². The molecule has 0 aliphatic carbocycles. The van der Waals surface area contributed by atoms with Crippen LogP contribution in [0.15, 0.2) is 12.1 Å². The van der Waals surface area contributed by atoms with E-state index in [1.807, 2.05) is 0 Å². The van der Waals surface area contributed by atoms with Crippen molar-refractivity contribution in [3.05, 3.63) is 33.6 Å². The van der Waals surface area contributed by atoms with Gasteiger partial charge in [0.25, 0.3) is 0 Å². The maximum Gasteiger partial charge on any atom is 0.338 e. The quantitative estimate of drug-likeness (QED) is 0.418. The molecule has 0 atom stereocenters. The van der Waals surface area contributed by atoms with Crippen LogP contribution < -0.4 is 4.74 Å². The van der Waals surface area contributed by atoms with E-state index in [0.29, 0.717) is 25.3 Å². The molecule has 0 aliphatic rings. The Balaban J connectivity index is 2.74. The average Bonchev–Trinajstić information content (AvgIpc) is 2.42. The van der Waals surface area contributed by atoms with E-state index in [9.17, 15) is 19.3 Å². The van der Waals surface area contributed by atoms with Gasteiger partial charge in [-0.15, -0.1) is 0 Å². The summed E-state index contributed by atoms with van der Waals surface area (Å²) in [5.74, 6) is -3.05. The van der Waals surface area contributed by atoms with E-state index in [0.717, 1.165) is 0 Å². The molecule has 9 heteroatoms. The topological polar surface area (TPSA) is 108 Å². The first kappa shape index (κ1) is 16.8. The fraction of sp³-hybridized carbons (Fsp3) is 0.417. The van der Waals surface area contributed by atoms with Crippen molar-refractivity contribution in [3.63, 3.8) is 0 Å². The maximum atomic E-state index is 13.5. The largest absolute Gasteiger partial charge is 0.484 e. The van der Waals surface area contributed by atoms with Crippen LogP contribution in [0.2, 0.25) is 0 Å². The monoisotopic (exact) mass is 303 g/mol. The second-order valence-corrected chi connectivity index (χ2v) is 3.82. The lowest BCUT2D eigenvalue weighted by atomic mass is 10.1. The van der Waals surface area contributed by atoms with Crippen LogP contribution >= 0.6 is 0 Å². The predicted octanol–water partition coefficient (Wildman–Crippen LogP) is 1.47. The summed E-state index contributed by atoms with van der Waals surface area (Å²) in [6.07, 6.45) is 0. The van der Waals surface area contributed by atoms with Gasteiger partial charge in [-0.3, -0.25) is 10.1 Å². The van der Waals surface area contributed by atoms with Gasteiger partial charge in [-0.1, -0.05) is 0 Å². The van der Waals surface area contributed by atoms with Crippen LogP contribution in [0.25, 0.3) is 0 Å². The molecule has 0 bridgehead atoms. The molecule has 0 spiro atoms. The lowest BCUT2D eigenvalue weighted by Crippen LogP contribution is -2.11. The Morgan fingerprint density at radius 1 is 1.33 bits per heavy atom. The molecule has 0 heterocycles. The van der Waals surface area contributed by atoms with Crippen molar-refractivity contribution in [2.75, 3.05) is 33.5 Å². The van der Waals surface area contributed by atoms with E-state index in [4.69, 9.17) is 19.3 Å². The summed E-state index contributed by atoms with van der Waals surface area (Å²) < 4.78 is 28.4. The van der Waals surface area contributed by atoms with Gasteiger partial charge in [-0.25, -0.2) is 9.18 Å². The molecule has 116 valence electrons. The van der Waals surface area contributed by atoms with Gasteiger partial charge < -0.3 is 19.3 Å². The summed E-state index contributed by atoms with van der Waals surface area (Å²) in [5.41, 5.74) is -1.41. The van der Waals surface area contributed by atoms with Gasteiger partial charge >= 0.3 is 11.7 Å². The Labute approximate surface area is 119 Å². The standard InChI is InChI=1S/C12H14FNO7/c1-19-2-3-20-4-5-21-11-7-9(13)8(12(15)16)6-10(11)14(17)18/h6-7H,2-5H2,1H3,(H,15,16). The van der Waals surface area contributed by atoms with Gasteiger partial charge in [-0.05, 0) is 0 Å². The number of hydrogen-bond donors (Lipinski definition) is 1. The smallest absolute Gasteiger partial charge is 0.338 e. The molecule has 1 N–H and O–H groups in total. The highest BCUT2D eigenvalue weighted by Gasteiger charge is 2.22. The van der Waals surface area contributed by atoms with Gasteiger partial charge in [0.15, 0.2) is 5.75 Å². The van der Waals surface area contributed by atoms with Crippen LogP contribution in [0.5, 0.6) is 5.75 Å². The number of carbonyl (C=O) groups is 1. The number of aromatic carboxylic acids is 1. The van der Waals surface area contributed by atoms with Crippen LogP contribution in [0, 0.1) is 15.9 Å². The second-order valence-electron chi connectivity index (χ2n) is 3.82. The molecule has 8 nitrogen and oxygen atoms in total. The molecule has 0 aliphatic heterocycles. The second kappa shape index (κ2) is 8.12. The minimum Gasteiger partial charge on any atom is -0.484 e. The number of ether oxygens (including phenoxy) is 3. The average molecular weight is 303 g/mol. The molecular weight excluding hydrogens is 289 g/mol. The SMILES string of the molecule is COCCOCCOc1cc(F)c(C(=O)O)cc1[N+](=O)[O-]. The van der Waals surface area contributed by atoms with Crippen molar-refractivity contribution in [2.24, 2.45) is 0 Å². The van der Waals surface area contributed by atoms with E-state index in [1.54, 1.807) is 0 Å². The van der Waals surface area contributed by atoms with Gasteiger partial charge in [0.05, 0.1) is 24.7 Å². The molecule has 0 unspecified atom stereocenters. The Kier molecular flexibility index (Phi) is 6.50. The zero-order valence-corrected chi connectivity index (χ0v) is 11.2. The number of nitrogens with zero attached hydrogens (tertiary/aromatic N) is 1. The third-order valence-electron chi connectivity index (χ3n) is 2.39. The summed E-state index contributed by atoms with van der Waals surface area (Å²) in [5, 5.41) is 19.6. The van der Waals surface area contributed by atoms with Crippen molar-refractivity contribution in [3.8, 4) is 5.75 Å². The first-order valence-corrected chi connectivity index (χ1v) is 5.88. The summed E-state index contributed by atoms with van der Waals surface area (Å²) in [4.78, 5) is 20.7. The molecule has 0 radical (unpaired) electrons. The maximum absolute atomic E-state index is 13.5. The summed E-state index contributed by atoms with van der Waals surface area (Å²) in [6, 6.07) is 1.30. The number of nitro benzene ring substituents is 1. The van der Waals surface area contributed by atoms with Crippen LogP contribution in [0.1, 0.15) is 10.4 Å². The Morgan fingerprint density at radius 3 is 2.57 bits per heavy atom. The van der Waals surface area contributed by atoms with E-state index >= 15 is 0 Å². The molecule has 1 rings (SSSR count). The lowest BCUT2D eigenvalue weighted by Gasteiger charge is -2.08. The minimum absolute atomic E-state index is 0.0452. The van der Waals surface area contributed by atoms with E-state index in [2.05, 4.69) is 0 Å². The zero-order chi connectivity index (χ0) is 15.8. The lowest BCUT2D eigenvalue weighted by molar-refractivity contribution is -0.386. The summed E-state index contributed by atoms with van der Waals surface area (Å²) >= 11 is 0. The highest BCUT2D eigenvalue weighted by atomic mass is 19.1. The van der Waals surface area contributed by atoms with Gasteiger partial charge in [0.2, 0.25) is 0 Å². The normalized spacial score (nSPS) is 10.4. The van der Waals surface area contributed by atoms with Crippen LogP contribution in [0.4, 0.5) is 10.1 Å². The van der Waals surface area contributed by atoms with Crippen LogP contribution in [-0.2, 0) is 9.47 Å². The Hall–Kier alpha value is -2.26. The molecule has 0 saturated carbocycles. The fourth-order valence-electron chi connectivity index (χ4n) is 1.42. The third kappa shape index (κ3) is 4.97. The van der Waals surface area contributed by atoms with Crippen molar-refractivity contribution < 1.29 is 33.4 Å². The van der Waals surface area contributed by atoms with Crippen LogP contribution in [0.3, 0.4) is 0 Å². The highest BCUT2D eigenvalue weighted by molar-refractivity contribution is 5.89. The zero-order valence-electron chi connectivity index (χ0n) is 11.2. The van der Waals surface area contributed by atoms with Crippen molar-refractivity contribution in [1.82, 2.24) is 0 Å². The number of methoxy groups -OCH3 is 1. The van der Waals surface area contributed by atoms with Gasteiger partial charge in [-0.2, -0.15) is 0 Å².